The van der Waals surface area contributed by atoms with Crippen molar-refractivity contribution in [2.75, 3.05) is 45.2 Å². The second-order valence-electron chi connectivity index (χ2n) is 8.57. The molecule has 184 valence electrons. The largest absolute Gasteiger partial charge is 0.490 e. The molecule has 0 bridgehead atoms. The Labute approximate surface area is 206 Å². The predicted octanol–water partition coefficient (Wildman–Crippen LogP) is 3.37. The van der Waals surface area contributed by atoms with E-state index in [4.69, 9.17) is 4.74 Å². The van der Waals surface area contributed by atoms with Crippen LogP contribution in [0, 0.1) is 0 Å². The number of sulfonamides is 1. The Morgan fingerprint density at radius 2 is 1.54 bits per heavy atom. The molecule has 4 aromatic carbocycles. The first-order chi connectivity index (χ1) is 16.9. The number of rotatable bonds is 11. The molecule has 0 spiro atoms. The van der Waals surface area contributed by atoms with Crippen LogP contribution in [0.2, 0.25) is 0 Å². The van der Waals surface area contributed by atoms with Crippen LogP contribution in [0.1, 0.15) is 0 Å². The van der Waals surface area contributed by atoms with E-state index in [0.29, 0.717) is 11.9 Å². The molecule has 0 radical (unpaired) electrons. The number of nitrogens with zero attached hydrogens (tertiary/aromatic N) is 1. The smallest absolute Gasteiger partial charge is 0.241 e. The van der Waals surface area contributed by atoms with Crippen molar-refractivity contribution in [2.45, 2.75) is 11.0 Å². The molecule has 0 saturated heterocycles. The van der Waals surface area contributed by atoms with Gasteiger partial charge in [-0.05, 0) is 23.6 Å². The van der Waals surface area contributed by atoms with Crippen LogP contribution in [-0.2, 0) is 10.0 Å². The first-order valence-corrected chi connectivity index (χ1v) is 13.0. The monoisotopic (exact) mass is 493 g/mol. The van der Waals surface area contributed by atoms with Gasteiger partial charge in [-0.3, -0.25) is 0 Å². The summed E-state index contributed by atoms with van der Waals surface area (Å²) in [6.45, 7) is 0.991. The summed E-state index contributed by atoms with van der Waals surface area (Å²) in [5, 5.41) is 17.0. The molecule has 0 heterocycles. The van der Waals surface area contributed by atoms with E-state index < -0.39 is 16.1 Å². The van der Waals surface area contributed by atoms with Crippen molar-refractivity contribution in [3.05, 3.63) is 78.9 Å². The van der Waals surface area contributed by atoms with Gasteiger partial charge in [0.05, 0.1) is 4.90 Å². The Hall–Kier alpha value is -3.17. The fourth-order valence-corrected chi connectivity index (χ4v) is 5.33. The first-order valence-electron chi connectivity index (χ1n) is 11.5. The lowest BCUT2D eigenvalue weighted by atomic mass is 10.1. The highest BCUT2D eigenvalue weighted by Crippen LogP contribution is 2.30. The summed E-state index contributed by atoms with van der Waals surface area (Å²) in [6, 6.07) is 24.7. The zero-order valence-corrected chi connectivity index (χ0v) is 20.8. The van der Waals surface area contributed by atoms with E-state index in [1.54, 1.807) is 12.1 Å². The number of hydrogen-bond acceptors (Lipinski definition) is 6. The number of aliphatic hydroxyl groups is 1. The third-order valence-corrected chi connectivity index (χ3v) is 7.30. The third-order valence-electron chi connectivity index (χ3n) is 5.79. The van der Waals surface area contributed by atoms with Crippen molar-refractivity contribution in [3.8, 4) is 5.75 Å². The minimum atomic E-state index is -3.69. The zero-order chi connectivity index (χ0) is 24.8. The van der Waals surface area contributed by atoms with Crippen LogP contribution >= 0.6 is 0 Å². The van der Waals surface area contributed by atoms with Gasteiger partial charge in [-0.1, -0.05) is 60.7 Å². The summed E-state index contributed by atoms with van der Waals surface area (Å²) in [5.41, 5.74) is 0.959. The summed E-state index contributed by atoms with van der Waals surface area (Å²) in [4.78, 5) is 2.22. The minimum absolute atomic E-state index is 0.136. The van der Waals surface area contributed by atoms with Crippen molar-refractivity contribution in [1.82, 2.24) is 10.0 Å². The highest BCUT2D eigenvalue weighted by atomic mass is 32.2. The average Bonchev–Trinajstić information content (AvgIpc) is 2.86. The van der Waals surface area contributed by atoms with E-state index in [1.165, 1.54) is 0 Å². The fraction of sp³-hybridized carbons (Fsp3) is 0.259. The lowest BCUT2D eigenvalue weighted by Gasteiger charge is -2.17. The maximum atomic E-state index is 13.0. The number of hydrogen-bond donors (Lipinski definition) is 3. The molecule has 3 N–H and O–H groups in total. The van der Waals surface area contributed by atoms with E-state index in [1.807, 2.05) is 85.7 Å². The van der Waals surface area contributed by atoms with Gasteiger partial charge in [-0.25, -0.2) is 13.1 Å². The molecule has 1 atom stereocenters. The van der Waals surface area contributed by atoms with Crippen LogP contribution in [0.3, 0.4) is 0 Å². The van der Waals surface area contributed by atoms with Crippen LogP contribution < -0.4 is 19.7 Å². The molecule has 0 fully saturated rings. The highest BCUT2D eigenvalue weighted by Gasteiger charge is 2.18. The molecule has 1 unspecified atom stereocenters. The number of anilines is 1. The van der Waals surface area contributed by atoms with Crippen LogP contribution in [0.15, 0.2) is 83.8 Å². The summed E-state index contributed by atoms with van der Waals surface area (Å²) >= 11 is 0. The number of fused-ring (bicyclic) bond motifs is 2. The molecular formula is C27H31N3O4S. The van der Waals surface area contributed by atoms with Gasteiger partial charge >= 0.3 is 0 Å². The maximum Gasteiger partial charge on any atom is 0.241 e. The maximum absolute atomic E-state index is 13.0. The standard InChI is InChI=1S/C27H31N3O4S/c1-30(2)25-13-6-12-24-23(25)11-7-15-27(24)35(32,33)29-17-16-28-18-21(31)19-34-26-14-5-9-20-8-3-4-10-22(20)26/h3-15,21,28-29,31H,16-19H2,1-2H3. The van der Waals surface area contributed by atoms with E-state index in [-0.39, 0.29) is 24.6 Å². The lowest BCUT2D eigenvalue weighted by molar-refractivity contribution is 0.107. The van der Waals surface area contributed by atoms with Gasteiger partial charge in [0.15, 0.2) is 0 Å². The highest BCUT2D eigenvalue weighted by molar-refractivity contribution is 7.89. The molecule has 8 heteroatoms. The molecule has 0 aliphatic rings. The average molecular weight is 494 g/mol. The van der Waals surface area contributed by atoms with Crippen molar-refractivity contribution < 1.29 is 18.3 Å². The van der Waals surface area contributed by atoms with Crippen molar-refractivity contribution in [1.29, 1.82) is 0 Å². The Bertz CT molecular complexity index is 1400. The second kappa shape index (κ2) is 11.0. The number of benzene rings is 4. The Morgan fingerprint density at radius 1 is 0.857 bits per heavy atom. The zero-order valence-electron chi connectivity index (χ0n) is 19.9. The summed E-state index contributed by atoms with van der Waals surface area (Å²) in [5.74, 6) is 0.724. The number of nitrogens with one attached hydrogen (secondary N) is 2. The Balaban J connectivity index is 1.28. The van der Waals surface area contributed by atoms with Crippen LogP contribution in [0.4, 0.5) is 5.69 Å². The van der Waals surface area contributed by atoms with E-state index in [2.05, 4.69) is 10.0 Å². The molecular weight excluding hydrogens is 462 g/mol. The summed E-state index contributed by atoms with van der Waals surface area (Å²) in [7, 11) is 0.171. The Morgan fingerprint density at radius 3 is 2.37 bits per heavy atom. The van der Waals surface area contributed by atoms with Gasteiger partial charge in [0.25, 0.3) is 0 Å². The van der Waals surface area contributed by atoms with Gasteiger partial charge in [-0.15, -0.1) is 0 Å². The molecule has 0 aliphatic carbocycles. The topological polar surface area (TPSA) is 90.9 Å². The van der Waals surface area contributed by atoms with Gasteiger partial charge in [-0.2, -0.15) is 0 Å². The normalized spacial score (nSPS) is 12.7. The lowest BCUT2D eigenvalue weighted by Crippen LogP contribution is -2.37. The van der Waals surface area contributed by atoms with Crippen molar-refractivity contribution >= 4 is 37.3 Å². The molecule has 0 saturated carbocycles. The van der Waals surface area contributed by atoms with Gasteiger partial charge < -0.3 is 20.1 Å². The van der Waals surface area contributed by atoms with E-state index in [0.717, 1.165) is 27.6 Å². The molecule has 35 heavy (non-hydrogen) atoms. The quantitative estimate of drug-likeness (QED) is 0.278. The minimum Gasteiger partial charge on any atom is -0.490 e. The Kier molecular flexibility index (Phi) is 7.87. The fourth-order valence-electron chi connectivity index (χ4n) is 4.08. The summed E-state index contributed by atoms with van der Waals surface area (Å²) < 4.78 is 34.4. The van der Waals surface area contributed by atoms with Crippen LogP contribution in [0.25, 0.3) is 21.5 Å². The second-order valence-corrected chi connectivity index (χ2v) is 10.3. The molecule has 0 aromatic heterocycles. The van der Waals surface area contributed by atoms with Crippen molar-refractivity contribution in [2.24, 2.45) is 0 Å². The van der Waals surface area contributed by atoms with E-state index in [9.17, 15) is 13.5 Å². The molecule has 4 aromatic rings. The third kappa shape index (κ3) is 5.91. The molecule has 4 rings (SSSR count). The molecule has 0 amide bonds. The van der Waals surface area contributed by atoms with Crippen LogP contribution in [-0.4, -0.2) is 60.0 Å². The predicted molar refractivity (Wildman–Crippen MR) is 142 cm³/mol. The van der Waals surface area contributed by atoms with Crippen molar-refractivity contribution in [3.63, 3.8) is 0 Å². The van der Waals surface area contributed by atoms with Gasteiger partial charge in [0.1, 0.15) is 18.5 Å². The van der Waals surface area contributed by atoms with Gasteiger partial charge in [0, 0.05) is 55.6 Å². The van der Waals surface area contributed by atoms with E-state index >= 15 is 0 Å². The molecule has 7 nitrogen and oxygen atoms in total. The number of ether oxygens (including phenoxy) is 1. The van der Waals surface area contributed by atoms with Crippen LogP contribution in [0.5, 0.6) is 5.75 Å². The van der Waals surface area contributed by atoms with Gasteiger partial charge in [0.2, 0.25) is 10.0 Å². The SMILES string of the molecule is CN(C)c1cccc2c(S(=O)(=O)NCCNCC(O)COc3cccc4ccccc34)cccc12. The number of aliphatic hydroxyl groups excluding tert-OH is 1. The molecule has 0 aliphatic heterocycles. The first kappa shape index (κ1) is 24.9. The summed E-state index contributed by atoms with van der Waals surface area (Å²) in [6.07, 6.45) is -0.729.